The van der Waals surface area contributed by atoms with Crippen molar-refractivity contribution in [2.24, 2.45) is 0 Å². The summed E-state index contributed by atoms with van der Waals surface area (Å²) in [5.74, 6) is -2.72. The first-order valence-corrected chi connectivity index (χ1v) is 3.94. The van der Waals surface area contributed by atoms with Crippen molar-refractivity contribution in [3.8, 4) is 11.9 Å². The lowest BCUT2D eigenvalue weighted by Crippen LogP contribution is -2.19. The molecule has 1 aromatic heterocycles. The zero-order valence-corrected chi connectivity index (χ0v) is 7.95. The van der Waals surface area contributed by atoms with Crippen LogP contribution in [-0.4, -0.2) is 22.4 Å². The molecule has 90 valence electrons. The van der Waals surface area contributed by atoms with E-state index in [4.69, 9.17) is 16.1 Å². The molecule has 0 amide bonds. The maximum absolute atomic E-state index is 11.9. The van der Waals surface area contributed by atoms with Crippen LogP contribution in [-0.2, 0) is 0 Å². The van der Waals surface area contributed by atoms with E-state index in [2.05, 4.69) is 9.72 Å². The molecule has 3 N–H and O–H groups in total. The lowest BCUT2D eigenvalue weighted by Gasteiger charge is -2.10. The van der Waals surface area contributed by atoms with Gasteiger partial charge >= 0.3 is 12.3 Å². The third-order valence-corrected chi connectivity index (χ3v) is 1.56. The maximum atomic E-state index is 11.9. The summed E-state index contributed by atoms with van der Waals surface area (Å²) in [6.45, 7) is 0. The number of halogens is 3. The number of hydrogen-bond donors (Lipinski definition) is 2. The van der Waals surface area contributed by atoms with E-state index in [1.165, 1.54) is 6.07 Å². The van der Waals surface area contributed by atoms with Gasteiger partial charge in [-0.2, -0.15) is 5.26 Å². The van der Waals surface area contributed by atoms with Crippen LogP contribution in [0.15, 0.2) is 6.07 Å². The number of carboxylic acids is 1. The normalized spacial score (nSPS) is 10.7. The molecular formula is C8H4F3N3O3. The van der Waals surface area contributed by atoms with Crippen LogP contribution in [0.4, 0.5) is 18.9 Å². The van der Waals surface area contributed by atoms with Gasteiger partial charge in [-0.25, -0.2) is 9.78 Å². The van der Waals surface area contributed by atoms with E-state index in [-0.39, 0.29) is 0 Å². The average molecular weight is 247 g/mol. The third-order valence-electron chi connectivity index (χ3n) is 1.56. The summed E-state index contributed by atoms with van der Waals surface area (Å²) in [5.41, 5.74) is 3.34. The van der Waals surface area contributed by atoms with Gasteiger partial charge in [-0.3, -0.25) is 0 Å². The monoisotopic (exact) mass is 247 g/mol. The molecule has 0 fully saturated rings. The Kier molecular flexibility index (Phi) is 3.08. The molecule has 0 aliphatic rings. The second-order valence-electron chi connectivity index (χ2n) is 2.74. The summed E-state index contributed by atoms with van der Waals surface area (Å²) in [6.07, 6.45) is -5.02. The highest BCUT2D eigenvalue weighted by molar-refractivity contribution is 5.90. The molecule has 0 saturated heterocycles. The number of aromatic nitrogens is 1. The Labute approximate surface area is 92.0 Å². The number of carboxylic acid groups (broad SMARTS) is 1. The molecule has 0 bridgehead atoms. The molecule has 0 unspecified atom stereocenters. The molecule has 0 aliphatic heterocycles. The Morgan fingerprint density at radius 2 is 2.18 bits per heavy atom. The standard InChI is InChI=1S/C8H4F3N3O3/c9-8(10,11)17-5-1-4(13)3(2-12)6(14-5)7(15)16/h1H,(H2,13,14)(H,15,16). The minimum Gasteiger partial charge on any atom is -0.476 e. The van der Waals surface area contributed by atoms with Crippen LogP contribution in [0.3, 0.4) is 0 Å². The molecule has 1 rings (SSSR count). The summed E-state index contributed by atoms with van der Waals surface area (Å²) in [4.78, 5) is 13.7. The van der Waals surface area contributed by atoms with E-state index in [1.54, 1.807) is 0 Å². The summed E-state index contributed by atoms with van der Waals surface area (Å²) in [5, 5.41) is 17.2. The Balaban J connectivity index is 3.31. The molecule has 0 aromatic carbocycles. The number of nitrogens with zero attached hydrogens (tertiary/aromatic N) is 2. The fraction of sp³-hybridized carbons (Fsp3) is 0.125. The molecule has 9 heteroatoms. The van der Waals surface area contributed by atoms with E-state index in [1.807, 2.05) is 0 Å². The molecule has 0 radical (unpaired) electrons. The quantitative estimate of drug-likeness (QED) is 0.810. The van der Waals surface area contributed by atoms with E-state index in [0.29, 0.717) is 6.07 Å². The first-order chi connectivity index (χ1) is 7.74. The Bertz CT molecular complexity index is 507. The minimum absolute atomic E-state index is 0.459. The van der Waals surface area contributed by atoms with Crippen LogP contribution >= 0.6 is 0 Å². The second-order valence-corrected chi connectivity index (χ2v) is 2.74. The predicted molar refractivity (Wildman–Crippen MR) is 47.0 cm³/mol. The van der Waals surface area contributed by atoms with Crippen LogP contribution < -0.4 is 10.5 Å². The highest BCUT2D eigenvalue weighted by Crippen LogP contribution is 2.25. The van der Waals surface area contributed by atoms with Gasteiger partial charge < -0.3 is 15.6 Å². The summed E-state index contributed by atoms with van der Waals surface area (Å²) in [6, 6.07) is 2.05. The number of carbonyl (C=O) groups is 1. The zero-order chi connectivity index (χ0) is 13.2. The highest BCUT2D eigenvalue weighted by Gasteiger charge is 2.32. The molecular weight excluding hydrogens is 243 g/mol. The van der Waals surface area contributed by atoms with Gasteiger partial charge in [0.05, 0.1) is 5.69 Å². The van der Waals surface area contributed by atoms with Crippen LogP contribution in [0, 0.1) is 11.3 Å². The molecule has 0 spiro atoms. The number of rotatable bonds is 2. The highest BCUT2D eigenvalue weighted by atomic mass is 19.4. The maximum Gasteiger partial charge on any atom is 0.574 e. The molecule has 17 heavy (non-hydrogen) atoms. The largest absolute Gasteiger partial charge is 0.574 e. The number of nitrogen functional groups attached to an aromatic ring is 1. The summed E-state index contributed by atoms with van der Waals surface area (Å²) >= 11 is 0. The van der Waals surface area contributed by atoms with Crippen molar-refractivity contribution in [1.29, 1.82) is 5.26 Å². The third kappa shape index (κ3) is 2.97. The molecule has 1 aromatic rings. The van der Waals surface area contributed by atoms with Gasteiger partial charge in [0.15, 0.2) is 5.69 Å². The van der Waals surface area contributed by atoms with Gasteiger partial charge in [-0.05, 0) is 0 Å². The minimum atomic E-state index is -5.02. The number of aromatic carboxylic acids is 1. The number of nitriles is 1. The Morgan fingerprint density at radius 3 is 2.59 bits per heavy atom. The van der Waals surface area contributed by atoms with Crippen LogP contribution in [0.1, 0.15) is 16.1 Å². The van der Waals surface area contributed by atoms with Gasteiger partial charge in [0.1, 0.15) is 11.6 Å². The number of ether oxygens (including phenoxy) is 1. The number of pyridine rings is 1. The van der Waals surface area contributed by atoms with Crippen LogP contribution in [0.5, 0.6) is 5.88 Å². The van der Waals surface area contributed by atoms with Crippen LogP contribution in [0.2, 0.25) is 0 Å². The first-order valence-electron chi connectivity index (χ1n) is 3.94. The van der Waals surface area contributed by atoms with Gasteiger partial charge in [0.25, 0.3) is 0 Å². The molecule has 0 atom stereocenters. The lowest BCUT2D eigenvalue weighted by molar-refractivity contribution is -0.276. The second kappa shape index (κ2) is 4.17. The smallest absolute Gasteiger partial charge is 0.476 e. The topological polar surface area (TPSA) is 109 Å². The van der Waals surface area contributed by atoms with Gasteiger partial charge in [0.2, 0.25) is 5.88 Å². The van der Waals surface area contributed by atoms with Crippen molar-refractivity contribution in [3.05, 3.63) is 17.3 Å². The van der Waals surface area contributed by atoms with E-state index in [0.717, 1.165) is 0 Å². The number of anilines is 1. The summed E-state index contributed by atoms with van der Waals surface area (Å²) < 4.78 is 39.0. The predicted octanol–water partition coefficient (Wildman–Crippen LogP) is 1.13. The van der Waals surface area contributed by atoms with Crippen molar-refractivity contribution in [1.82, 2.24) is 4.98 Å². The van der Waals surface area contributed by atoms with Crippen LogP contribution in [0.25, 0.3) is 0 Å². The fourth-order valence-electron chi connectivity index (χ4n) is 0.983. The van der Waals surface area contributed by atoms with Crippen molar-refractivity contribution in [3.63, 3.8) is 0 Å². The van der Waals surface area contributed by atoms with Crippen molar-refractivity contribution >= 4 is 11.7 Å². The SMILES string of the molecule is N#Cc1c(N)cc(OC(F)(F)F)nc1C(=O)O. The first kappa shape index (κ1) is 12.6. The summed E-state index contributed by atoms with van der Waals surface area (Å²) in [7, 11) is 0. The van der Waals surface area contributed by atoms with E-state index in [9.17, 15) is 18.0 Å². The lowest BCUT2D eigenvalue weighted by atomic mass is 10.2. The Morgan fingerprint density at radius 1 is 1.59 bits per heavy atom. The fourth-order valence-corrected chi connectivity index (χ4v) is 0.983. The van der Waals surface area contributed by atoms with Gasteiger partial charge in [-0.15, -0.1) is 13.2 Å². The molecule has 0 aliphatic carbocycles. The Hall–Kier alpha value is -2.50. The molecule has 0 saturated carbocycles. The number of hydrogen-bond acceptors (Lipinski definition) is 5. The van der Waals surface area contributed by atoms with Gasteiger partial charge in [0, 0.05) is 6.07 Å². The number of nitrogens with two attached hydrogens (primary N) is 1. The average Bonchev–Trinajstić information content (AvgIpc) is 2.13. The van der Waals surface area contributed by atoms with Gasteiger partial charge in [-0.1, -0.05) is 0 Å². The zero-order valence-electron chi connectivity index (χ0n) is 7.95. The molecule has 6 nitrogen and oxygen atoms in total. The number of alkyl halides is 3. The van der Waals surface area contributed by atoms with E-state index < -0.39 is 35.2 Å². The molecule has 1 heterocycles. The van der Waals surface area contributed by atoms with Crippen molar-refractivity contribution in [2.45, 2.75) is 6.36 Å². The van der Waals surface area contributed by atoms with Crippen molar-refractivity contribution < 1.29 is 27.8 Å². The van der Waals surface area contributed by atoms with Crippen molar-refractivity contribution in [2.75, 3.05) is 5.73 Å². The van der Waals surface area contributed by atoms with E-state index >= 15 is 0 Å².